The van der Waals surface area contributed by atoms with Crippen LogP contribution < -0.4 is 0 Å². The molecule has 2 N–H and O–H groups in total. The van der Waals surface area contributed by atoms with Gasteiger partial charge in [-0.2, -0.15) is 0 Å². The molecule has 0 bridgehead atoms. The van der Waals surface area contributed by atoms with Crippen molar-refractivity contribution in [2.75, 3.05) is 0 Å². The lowest BCUT2D eigenvalue weighted by Gasteiger charge is -2.28. The first-order valence-electron chi connectivity index (χ1n) is 15.5. The van der Waals surface area contributed by atoms with Crippen LogP contribution in [-0.2, 0) is 0 Å². The highest BCUT2D eigenvalue weighted by molar-refractivity contribution is 5.82. The molecule has 0 radical (unpaired) electrons. The van der Waals surface area contributed by atoms with Gasteiger partial charge in [0.1, 0.15) is 0 Å². The fourth-order valence-electron chi connectivity index (χ4n) is 7.10. The summed E-state index contributed by atoms with van der Waals surface area (Å²) in [6, 6.07) is 27.9. The lowest BCUT2D eigenvalue weighted by molar-refractivity contribution is 0.669. The van der Waals surface area contributed by atoms with Gasteiger partial charge in [0.25, 0.3) is 0 Å². The van der Waals surface area contributed by atoms with Crippen molar-refractivity contribution in [1.29, 1.82) is 0 Å². The SMILES string of the molecule is Cc1cc([C@H](c2ccc[nH]2)[C@@H](c2ccc[nH]2)c2cc(C)c3cc(C(C)C)ccc(C)c2-3)c2c(C)ccc(C(C)C)cc1-2. The van der Waals surface area contributed by atoms with Crippen LogP contribution in [0.5, 0.6) is 0 Å². The van der Waals surface area contributed by atoms with Crippen molar-refractivity contribution in [3.8, 4) is 22.3 Å². The molecular formula is C40H44N2. The van der Waals surface area contributed by atoms with Gasteiger partial charge < -0.3 is 9.97 Å². The highest BCUT2D eigenvalue weighted by atomic mass is 14.7. The van der Waals surface area contributed by atoms with Crippen molar-refractivity contribution in [2.24, 2.45) is 0 Å². The van der Waals surface area contributed by atoms with Crippen molar-refractivity contribution in [3.63, 3.8) is 0 Å². The van der Waals surface area contributed by atoms with Gasteiger partial charge in [0.15, 0.2) is 0 Å². The zero-order chi connectivity index (χ0) is 29.7. The van der Waals surface area contributed by atoms with Gasteiger partial charge in [-0.25, -0.2) is 0 Å². The molecule has 0 saturated carbocycles. The molecule has 2 aromatic heterocycles. The molecule has 0 aliphatic heterocycles. The molecule has 2 nitrogen and oxygen atoms in total. The van der Waals surface area contributed by atoms with Crippen LogP contribution in [0.15, 0.2) is 85.2 Å². The predicted octanol–water partition coefficient (Wildman–Crippen LogP) is 11.0. The number of aromatic amines is 2. The van der Waals surface area contributed by atoms with Gasteiger partial charge in [-0.1, -0.05) is 76.2 Å². The maximum atomic E-state index is 3.66. The standard InChI is InChI=1S/C40H44N2/c1-23(2)29-15-13-25(5)37-31(21-29)27(7)19-33(37)39(35-11-9-17-41-35)40(36-12-10-18-42-36)34-20-28(8)32-22-30(24(3)4)16-14-26(6)38(32)34/h9-24,39-42H,1-8H3/t39-,40-/m1/s1. The number of rotatable bonds is 7. The van der Waals surface area contributed by atoms with Crippen molar-refractivity contribution in [2.45, 2.75) is 79.1 Å². The first-order valence-corrected chi connectivity index (χ1v) is 15.5. The van der Waals surface area contributed by atoms with Crippen LogP contribution in [0.25, 0.3) is 22.3 Å². The van der Waals surface area contributed by atoms with E-state index in [-0.39, 0.29) is 11.8 Å². The van der Waals surface area contributed by atoms with Crippen molar-refractivity contribution in [1.82, 2.24) is 9.97 Å². The number of hydrogen-bond acceptors (Lipinski definition) is 0. The van der Waals surface area contributed by atoms with E-state index in [0.717, 1.165) is 0 Å². The molecule has 214 valence electrons. The monoisotopic (exact) mass is 552 g/mol. The van der Waals surface area contributed by atoms with E-state index in [2.05, 4.69) is 151 Å². The second kappa shape index (κ2) is 11.0. The summed E-state index contributed by atoms with van der Waals surface area (Å²) < 4.78 is 0. The Kier molecular flexibility index (Phi) is 7.35. The van der Waals surface area contributed by atoms with Crippen LogP contribution in [0.3, 0.4) is 0 Å². The van der Waals surface area contributed by atoms with E-state index in [4.69, 9.17) is 0 Å². The summed E-state index contributed by atoms with van der Waals surface area (Å²) in [4.78, 5) is 7.33. The normalized spacial score (nSPS) is 13.5. The minimum absolute atomic E-state index is 0.0953. The minimum Gasteiger partial charge on any atom is -0.364 e. The summed E-state index contributed by atoms with van der Waals surface area (Å²) in [5, 5.41) is 0. The Morgan fingerprint density at radius 2 is 0.881 bits per heavy atom. The minimum atomic E-state index is 0.0953. The maximum absolute atomic E-state index is 3.66. The third-order valence-electron chi connectivity index (χ3n) is 9.42. The largest absolute Gasteiger partial charge is 0.364 e. The fourth-order valence-corrected chi connectivity index (χ4v) is 7.10. The highest BCUT2D eigenvalue weighted by Crippen LogP contribution is 2.52. The van der Waals surface area contributed by atoms with E-state index < -0.39 is 0 Å². The summed E-state index contributed by atoms with van der Waals surface area (Å²) in [6.07, 6.45) is 4.15. The maximum Gasteiger partial charge on any atom is 0.0371 e. The quantitative estimate of drug-likeness (QED) is 0.197. The summed E-state index contributed by atoms with van der Waals surface area (Å²) in [5.74, 6) is 1.14. The molecule has 0 saturated heterocycles. The molecule has 0 unspecified atom stereocenters. The smallest absolute Gasteiger partial charge is 0.0371 e. The molecule has 2 heteroatoms. The number of H-pyrrole nitrogens is 2. The Bertz CT molecular complexity index is 1630. The number of nitrogens with one attached hydrogen (secondary N) is 2. The third kappa shape index (κ3) is 4.77. The molecule has 2 heterocycles. The van der Waals surface area contributed by atoms with Gasteiger partial charge in [0.05, 0.1) is 0 Å². The van der Waals surface area contributed by atoms with E-state index in [1.165, 1.54) is 78.1 Å². The van der Waals surface area contributed by atoms with E-state index >= 15 is 0 Å². The van der Waals surface area contributed by atoms with Gasteiger partial charge in [-0.15, -0.1) is 0 Å². The van der Waals surface area contributed by atoms with Crippen LogP contribution >= 0.6 is 0 Å². The lowest BCUT2D eigenvalue weighted by Crippen LogP contribution is -2.16. The molecule has 6 rings (SSSR count). The number of fused-ring (bicyclic) bond motifs is 2. The van der Waals surface area contributed by atoms with E-state index in [9.17, 15) is 0 Å². The molecule has 4 aliphatic carbocycles. The van der Waals surface area contributed by atoms with Crippen LogP contribution in [0.1, 0.15) is 107 Å². The Morgan fingerprint density at radius 1 is 0.476 bits per heavy atom. The van der Waals surface area contributed by atoms with Gasteiger partial charge in [-0.3, -0.25) is 0 Å². The molecule has 2 aromatic rings. The molecule has 0 aromatic carbocycles. The van der Waals surface area contributed by atoms with Crippen LogP contribution in [-0.4, -0.2) is 9.97 Å². The number of aryl methyl sites for hydroxylation is 4. The molecule has 42 heavy (non-hydrogen) atoms. The summed E-state index contributed by atoms with van der Waals surface area (Å²) in [7, 11) is 0. The molecule has 4 aliphatic rings. The van der Waals surface area contributed by atoms with Gasteiger partial charge in [0.2, 0.25) is 0 Å². The Balaban J connectivity index is 1.66. The Hall–Kier alpha value is -4.04. The first kappa shape index (κ1) is 28.1. The molecule has 0 amide bonds. The van der Waals surface area contributed by atoms with Gasteiger partial charge >= 0.3 is 0 Å². The third-order valence-corrected chi connectivity index (χ3v) is 9.42. The lowest BCUT2D eigenvalue weighted by atomic mass is 9.75. The summed E-state index contributed by atoms with van der Waals surface area (Å²) in [6.45, 7) is 18.3. The molecule has 0 fully saturated rings. The summed E-state index contributed by atoms with van der Waals surface area (Å²) >= 11 is 0. The Morgan fingerprint density at radius 3 is 1.21 bits per heavy atom. The van der Waals surface area contributed by atoms with Crippen molar-refractivity contribution < 1.29 is 0 Å². The number of hydrogen-bond donors (Lipinski definition) is 2. The second-order valence-corrected chi connectivity index (χ2v) is 13.0. The average molecular weight is 553 g/mol. The van der Waals surface area contributed by atoms with Crippen LogP contribution in [0.4, 0.5) is 0 Å². The van der Waals surface area contributed by atoms with E-state index in [1.54, 1.807) is 0 Å². The average Bonchev–Trinajstić information content (AvgIpc) is 3.72. The second-order valence-electron chi connectivity index (χ2n) is 13.0. The van der Waals surface area contributed by atoms with E-state index in [0.29, 0.717) is 11.8 Å². The topological polar surface area (TPSA) is 31.6 Å². The first-order chi connectivity index (χ1) is 20.2. The fraction of sp³-hybridized carbons (Fsp3) is 0.300. The van der Waals surface area contributed by atoms with Crippen molar-refractivity contribution >= 4 is 0 Å². The molecule has 0 spiro atoms. The molecule has 2 atom stereocenters. The predicted molar refractivity (Wildman–Crippen MR) is 179 cm³/mol. The van der Waals surface area contributed by atoms with Gasteiger partial charge in [0, 0.05) is 35.6 Å². The van der Waals surface area contributed by atoms with E-state index in [1.807, 2.05) is 0 Å². The molecular weight excluding hydrogens is 508 g/mol. The van der Waals surface area contributed by atoms with Gasteiger partial charge in [-0.05, 0) is 131 Å². The van der Waals surface area contributed by atoms with Crippen molar-refractivity contribution in [3.05, 3.63) is 141 Å². The van der Waals surface area contributed by atoms with Crippen LogP contribution in [0, 0.1) is 27.7 Å². The highest BCUT2D eigenvalue weighted by Gasteiger charge is 2.36. The Labute approximate surface area is 251 Å². The number of aromatic nitrogens is 2. The summed E-state index contributed by atoms with van der Waals surface area (Å²) in [5.41, 5.74) is 18.9. The van der Waals surface area contributed by atoms with Crippen LogP contribution in [0.2, 0.25) is 0 Å². The zero-order valence-corrected chi connectivity index (χ0v) is 26.4. The zero-order valence-electron chi connectivity index (χ0n) is 26.4.